The van der Waals surface area contributed by atoms with E-state index in [1.54, 1.807) is 42.5 Å². The van der Waals surface area contributed by atoms with Crippen LogP contribution in [-0.4, -0.2) is 30.6 Å². The first-order valence-corrected chi connectivity index (χ1v) is 14.1. The minimum absolute atomic E-state index is 0.0878. The van der Waals surface area contributed by atoms with Crippen LogP contribution >= 0.6 is 0 Å². The Labute approximate surface area is 235 Å². The average Bonchev–Trinajstić information content (AvgIpc) is 3.36. The zero-order chi connectivity index (χ0) is 29.1. The second kappa shape index (κ2) is 11.5. The van der Waals surface area contributed by atoms with Crippen molar-refractivity contribution in [1.29, 1.82) is 0 Å². The van der Waals surface area contributed by atoms with E-state index in [0.29, 0.717) is 9.82 Å². The second-order valence-electron chi connectivity index (χ2n) is 9.46. The molecule has 0 radical (unpaired) electrons. The number of rotatable bonds is 9. The van der Waals surface area contributed by atoms with E-state index in [1.807, 2.05) is 13.0 Å². The summed E-state index contributed by atoms with van der Waals surface area (Å²) in [5, 5.41) is 7.14. The third-order valence-electron chi connectivity index (χ3n) is 6.53. The first-order chi connectivity index (χ1) is 19.6. The lowest BCUT2D eigenvalue weighted by molar-refractivity contribution is -0.118. The molecule has 11 heteroatoms. The number of hydrogen-bond acceptors (Lipinski definition) is 6. The molecule has 1 aromatic heterocycles. The highest BCUT2D eigenvalue weighted by atomic mass is 32.2. The molecule has 5 rings (SSSR count). The van der Waals surface area contributed by atoms with E-state index in [1.165, 1.54) is 30.3 Å². The van der Waals surface area contributed by atoms with Crippen LogP contribution in [0.5, 0.6) is 5.75 Å². The van der Waals surface area contributed by atoms with Gasteiger partial charge in [-0.15, -0.1) is 0 Å². The molecule has 0 aliphatic rings. The Morgan fingerprint density at radius 2 is 1.66 bits per heavy atom. The molecule has 0 spiro atoms. The van der Waals surface area contributed by atoms with Gasteiger partial charge in [0.25, 0.3) is 15.9 Å². The number of nitrogens with one attached hydrogen (secondary N) is 1. The minimum Gasteiger partial charge on any atom is -0.489 e. The second-order valence-corrected chi connectivity index (χ2v) is 11.2. The van der Waals surface area contributed by atoms with Gasteiger partial charge in [0.2, 0.25) is 0 Å². The quantitative estimate of drug-likeness (QED) is 0.254. The highest BCUT2D eigenvalue weighted by molar-refractivity contribution is 7.93. The summed E-state index contributed by atoms with van der Waals surface area (Å²) in [5.74, 6) is -2.44. The zero-order valence-corrected chi connectivity index (χ0v) is 22.7. The number of amides is 1. The van der Waals surface area contributed by atoms with Gasteiger partial charge in [-0.2, -0.15) is 9.40 Å². The number of carbonyl (C=O) groups is 1. The maximum Gasteiger partial charge on any atom is 0.272 e. The predicted octanol–water partition coefficient (Wildman–Crippen LogP) is 5.02. The van der Waals surface area contributed by atoms with Crippen molar-refractivity contribution in [1.82, 2.24) is 10.2 Å². The lowest BCUT2D eigenvalue weighted by Gasteiger charge is -2.24. The molecule has 1 atom stereocenters. The van der Waals surface area contributed by atoms with Crippen molar-refractivity contribution in [2.75, 3.05) is 4.31 Å². The fourth-order valence-electron chi connectivity index (χ4n) is 4.31. The first kappa shape index (κ1) is 27.9. The Morgan fingerprint density at radius 1 is 0.976 bits per heavy atom. The molecule has 8 nitrogen and oxygen atoms in total. The SMILES string of the molecule is Cc1ccc(S(=O)(=O)N(C(=O)[C@@H](N)Cc2ccccc2)c2n[nH]c3ccc(OCc4c(F)cccc4F)cc23)cc1. The molecule has 0 aliphatic carbocycles. The lowest BCUT2D eigenvalue weighted by atomic mass is 10.1. The Bertz CT molecular complexity index is 1790. The van der Waals surface area contributed by atoms with Gasteiger partial charge in [0.15, 0.2) is 5.82 Å². The number of ether oxygens (including phenoxy) is 1. The molecule has 1 heterocycles. The number of fused-ring (bicyclic) bond motifs is 1. The van der Waals surface area contributed by atoms with Crippen molar-refractivity contribution < 1.29 is 26.7 Å². The number of nitrogens with zero attached hydrogens (tertiary/aromatic N) is 2. The molecule has 0 bridgehead atoms. The number of H-pyrrole nitrogens is 1. The summed E-state index contributed by atoms with van der Waals surface area (Å²) in [4.78, 5) is 13.7. The molecule has 0 saturated heterocycles. The van der Waals surface area contributed by atoms with Gasteiger partial charge in [-0.1, -0.05) is 54.1 Å². The molecule has 0 aliphatic heterocycles. The molecule has 0 fully saturated rings. The standard InChI is InChI=1S/C30H26F2N4O4S/c1-19-10-13-22(14-11-19)41(38,39)36(30(37)27(33)16-20-6-3-2-4-7-20)29-23-17-21(12-15-28(23)34-35-29)40-18-24-25(31)8-5-9-26(24)32/h2-15,17,27H,16,18,33H2,1H3,(H,34,35)/t27-/m0/s1. The number of halogens is 2. The van der Waals surface area contributed by atoms with E-state index in [9.17, 15) is 22.0 Å². The average molecular weight is 577 g/mol. The number of sulfonamides is 1. The maximum absolute atomic E-state index is 14.1. The zero-order valence-electron chi connectivity index (χ0n) is 21.9. The van der Waals surface area contributed by atoms with Gasteiger partial charge in [0, 0.05) is 5.39 Å². The lowest BCUT2D eigenvalue weighted by Crippen LogP contribution is -2.48. The first-order valence-electron chi connectivity index (χ1n) is 12.6. The van der Waals surface area contributed by atoms with Gasteiger partial charge in [-0.05, 0) is 61.4 Å². The summed E-state index contributed by atoms with van der Waals surface area (Å²) in [7, 11) is -4.47. The van der Waals surface area contributed by atoms with E-state index in [0.717, 1.165) is 23.3 Å². The van der Waals surface area contributed by atoms with Crippen LogP contribution in [0.1, 0.15) is 16.7 Å². The number of nitrogens with two attached hydrogens (primary N) is 1. The summed E-state index contributed by atoms with van der Waals surface area (Å²) in [6, 6.07) is 21.9. The third-order valence-corrected chi connectivity index (χ3v) is 8.23. The largest absolute Gasteiger partial charge is 0.489 e. The monoisotopic (exact) mass is 576 g/mol. The molecular weight excluding hydrogens is 550 g/mol. The fraction of sp³-hybridized carbons (Fsp3) is 0.133. The fourth-order valence-corrected chi connectivity index (χ4v) is 5.74. The van der Waals surface area contributed by atoms with E-state index >= 15 is 0 Å². The van der Waals surface area contributed by atoms with Crippen LogP contribution in [0.4, 0.5) is 14.6 Å². The number of anilines is 1. The molecule has 1 amide bonds. The molecule has 5 aromatic rings. The molecule has 41 heavy (non-hydrogen) atoms. The van der Waals surface area contributed by atoms with Crippen LogP contribution in [-0.2, 0) is 27.8 Å². The Hall–Kier alpha value is -4.61. The van der Waals surface area contributed by atoms with Crippen molar-refractivity contribution in [3.63, 3.8) is 0 Å². The maximum atomic E-state index is 14.1. The number of benzene rings is 4. The predicted molar refractivity (Wildman–Crippen MR) is 151 cm³/mol. The molecule has 210 valence electrons. The van der Waals surface area contributed by atoms with Crippen LogP contribution in [0.25, 0.3) is 10.9 Å². The van der Waals surface area contributed by atoms with Crippen LogP contribution in [0, 0.1) is 18.6 Å². The summed E-state index contributed by atoms with van der Waals surface area (Å²) < 4.78 is 62.3. The van der Waals surface area contributed by atoms with Gasteiger partial charge in [-0.25, -0.2) is 17.2 Å². The van der Waals surface area contributed by atoms with Crippen molar-refractivity contribution >= 4 is 32.7 Å². The number of hydrogen-bond donors (Lipinski definition) is 2. The summed E-state index contributed by atoms with van der Waals surface area (Å²) in [5.41, 5.74) is 8.01. The Kier molecular flexibility index (Phi) is 7.82. The van der Waals surface area contributed by atoms with Crippen LogP contribution in [0.15, 0.2) is 95.9 Å². The Morgan fingerprint density at radius 3 is 2.34 bits per heavy atom. The summed E-state index contributed by atoms with van der Waals surface area (Å²) >= 11 is 0. The van der Waals surface area contributed by atoms with Crippen molar-refractivity contribution in [3.05, 3.63) is 119 Å². The van der Waals surface area contributed by atoms with Gasteiger partial charge < -0.3 is 10.5 Å². The van der Waals surface area contributed by atoms with E-state index in [-0.39, 0.29) is 33.8 Å². The number of aryl methyl sites for hydroxylation is 1. The summed E-state index contributed by atoms with van der Waals surface area (Å²) in [6.07, 6.45) is 0.0878. The molecule has 0 unspecified atom stereocenters. The normalized spacial score (nSPS) is 12.3. The molecule has 3 N–H and O–H groups in total. The topological polar surface area (TPSA) is 118 Å². The highest BCUT2D eigenvalue weighted by Gasteiger charge is 2.37. The van der Waals surface area contributed by atoms with Gasteiger partial charge in [0.05, 0.1) is 22.0 Å². The number of aromatic nitrogens is 2. The molecule has 0 saturated carbocycles. The van der Waals surface area contributed by atoms with E-state index < -0.39 is 40.2 Å². The smallest absolute Gasteiger partial charge is 0.272 e. The van der Waals surface area contributed by atoms with Gasteiger partial charge in [-0.3, -0.25) is 9.89 Å². The van der Waals surface area contributed by atoms with Crippen molar-refractivity contribution in [3.8, 4) is 5.75 Å². The Balaban J connectivity index is 1.55. The highest BCUT2D eigenvalue weighted by Crippen LogP contribution is 2.33. The van der Waals surface area contributed by atoms with Crippen LogP contribution in [0.3, 0.4) is 0 Å². The summed E-state index contributed by atoms with van der Waals surface area (Å²) in [6.45, 7) is 1.40. The van der Waals surface area contributed by atoms with Crippen molar-refractivity contribution in [2.45, 2.75) is 30.9 Å². The minimum atomic E-state index is -4.47. The van der Waals surface area contributed by atoms with Crippen LogP contribution in [0.2, 0.25) is 0 Å². The molecule has 4 aromatic carbocycles. The molecular formula is C30H26F2N4O4S. The van der Waals surface area contributed by atoms with Gasteiger partial charge in [0.1, 0.15) is 24.0 Å². The van der Waals surface area contributed by atoms with Crippen LogP contribution < -0.4 is 14.8 Å². The third kappa shape index (κ3) is 5.81. The van der Waals surface area contributed by atoms with Gasteiger partial charge >= 0.3 is 0 Å². The number of carbonyl (C=O) groups excluding carboxylic acids is 1. The number of aromatic amines is 1. The van der Waals surface area contributed by atoms with Crippen molar-refractivity contribution in [2.24, 2.45) is 5.73 Å². The van der Waals surface area contributed by atoms with E-state index in [4.69, 9.17) is 10.5 Å². The van der Waals surface area contributed by atoms with E-state index in [2.05, 4.69) is 10.2 Å².